The maximum absolute atomic E-state index is 11.8. The smallest absolute Gasteiger partial charge is 0.227 e. The zero-order valence-corrected chi connectivity index (χ0v) is 13.6. The molecule has 1 atom stereocenters. The van der Waals surface area contributed by atoms with Crippen LogP contribution in [0.15, 0.2) is 18.2 Å². The molecule has 0 aromatic heterocycles. The lowest BCUT2D eigenvalue weighted by atomic mass is 9.93. The number of aliphatic hydroxyl groups is 1. The highest BCUT2D eigenvalue weighted by molar-refractivity contribution is 7.92. The van der Waals surface area contributed by atoms with Gasteiger partial charge in [-0.05, 0) is 37.5 Å². The Morgan fingerprint density at radius 1 is 1.29 bits per heavy atom. The Labute approximate surface area is 125 Å². The second kappa shape index (κ2) is 5.10. The van der Waals surface area contributed by atoms with E-state index in [-0.39, 0.29) is 5.91 Å². The van der Waals surface area contributed by atoms with Gasteiger partial charge in [0.2, 0.25) is 5.91 Å². The molecule has 116 valence electrons. The second-order valence-electron chi connectivity index (χ2n) is 6.12. The number of rotatable bonds is 3. The molecule has 1 unspecified atom stereocenters. The first-order chi connectivity index (χ1) is 9.55. The number of sulfone groups is 1. The minimum atomic E-state index is -3.41. The number of carbonyl (C=O) groups is 1. The van der Waals surface area contributed by atoms with Crippen LogP contribution in [-0.2, 0) is 21.1 Å². The number of fused-ring (bicyclic) bond motifs is 1. The summed E-state index contributed by atoms with van der Waals surface area (Å²) in [6.07, 6.45) is 1.05. The van der Waals surface area contributed by atoms with Gasteiger partial charge in [-0.2, -0.15) is 0 Å². The highest BCUT2D eigenvalue weighted by Gasteiger charge is 2.39. The largest absolute Gasteiger partial charge is 0.387 e. The van der Waals surface area contributed by atoms with Gasteiger partial charge in [-0.3, -0.25) is 4.79 Å². The van der Waals surface area contributed by atoms with E-state index in [1.807, 2.05) is 0 Å². The average molecular weight is 311 g/mol. The van der Waals surface area contributed by atoms with E-state index in [1.165, 1.54) is 13.8 Å². The van der Waals surface area contributed by atoms with E-state index in [9.17, 15) is 18.3 Å². The number of hydrogen-bond acceptors (Lipinski definition) is 4. The normalized spacial score (nSPS) is 17.6. The zero-order valence-electron chi connectivity index (χ0n) is 12.8. The summed E-state index contributed by atoms with van der Waals surface area (Å²) in [6.45, 7) is 3.03. The molecule has 1 aromatic carbocycles. The fraction of sp³-hybridized carbons (Fsp3) is 0.533. The van der Waals surface area contributed by atoms with E-state index < -0.39 is 20.7 Å². The highest BCUT2D eigenvalue weighted by atomic mass is 32.2. The van der Waals surface area contributed by atoms with Gasteiger partial charge in [-0.15, -0.1) is 0 Å². The molecule has 6 heteroatoms. The number of hydrogen-bond donors (Lipinski definition) is 1. The Hall–Kier alpha value is -1.40. The number of benzene rings is 1. The Morgan fingerprint density at radius 2 is 1.90 bits per heavy atom. The van der Waals surface area contributed by atoms with Crippen molar-refractivity contribution in [3.05, 3.63) is 29.3 Å². The predicted molar refractivity (Wildman–Crippen MR) is 82.1 cm³/mol. The molecule has 1 aliphatic heterocycles. The fourth-order valence-electron chi connectivity index (χ4n) is 2.45. The summed E-state index contributed by atoms with van der Waals surface area (Å²) in [7, 11) is -1.69. The summed E-state index contributed by atoms with van der Waals surface area (Å²) in [5.74, 6) is 0.0623. The SMILES string of the molecule is CN1C(=O)CCc2cc(C(O)C(C)(C)S(C)(=O)=O)ccc21. The number of amides is 1. The van der Waals surface area contributed by atoms with Crippen LogP contribution in [0.4, 0.5) is 5.69 Å². The molecule has 0 saturated heterocycles. The first kappa shape index (κ1) is 16.0. The number of carbonyl (C=O) groups excluding carboxylic acids is 1. The molecule has 2 rings (SSSR count). The van der Waals surface area contributed by atoms with Gasteiger partial charge in [-0.25, -0.2) is 8.42 Å². The molecule has 0 bridgehead atoms. The molecule has 21 heavy (non-hydrogen) atoms. The summed E-state index contributed by atoms with van der Waals surface area (Å²) >= 11 is 0. The van der Waals surface area contributed by atoms with Crippen LogP contribution in [0.1, 0.15) is 37.5 Å². The van der Waals surface area contributed by atoms with Crippen LogP contribution < -0.4 is 4.90 Å². The summed E-state index contributed by atoms with van der Waals surface area (Å²) in [4.78, 5) is 13.3. The minimum Gasteiger partial charge on any atom is -0.387 e. The van der Waals surface area contributed by atoms with E-state index in [1.54, 1.807) is 30.1 Å². The Balaban J connectivity index is 2.42. The Morgan fingerprint density at radius 3 is 2.48 bits per heavy atom. The number of aliphatic hydroxyl groups excluding tert-OH is 1. The van der Waals surface area contributed by atoms with E-state index in [0.29, 0.717) is 18.4 Å². The van der Waals surface area contributed by atoms with E-state index in [4.69, 9.17) is 0 Å². The molecule has 0 saturated carbocycles. The third-order valence-corrected chi connectivity index (χ3v) is 6.51. The summed E-state index contributed by atoms with van der Waals surface area (Å²) < 4.78 is 22.4. The first-order valence-corrected chi connectivity index (χ1v) is 8.72. The van der Waals surface area contributed by atoms with Crippen molar-refractivity contribution in [2.45, 2.75) is 37.5 Å². The van der Waals surface area contributed by atoms with Crippen LogP contribution in [-0.4, -0.2) is 37.5 Å². The van der Waals surface area contributed by atoms with Gasteiger partial charge >= 0.3 is 0 Å². The van der Waals surface area contributed by atoms with Crippen molar-refractivity contribution in [3.63, 3.8) is 0 Å². The van der Waals surface area contributed by atoms with Crippen molar-refractivity contribution in [1.29, 1.82) is 0 Å². The van der Waals surface area contributed by atoms with E-state index >= 15 is 0 Å². The van der Waals surface area contributed by atoms with Gasteiger partial charge in [-0.1, -0.05) is 12.1 Å². The molecule has 0 spiro atoms. The lowest BCUT2D eigenvalue weighted by Crippen LogP contribution is -2.38. The minimum absolute atomic E-state index is 0.0623. The van der Waals surface area contributed by atoms with Crippen LogP contribution in [0.25, 0.3) is 0 Å². The maximum Gasteiger partial charge on any atom is 0.227 e. The molecular weight excluding hydrogens is 290 g/mol. The predicted octanol–water partition coefficient (Wildman–Crippen LogP) is 1.45. The van der Waals surface area contributed by atoms with E-state index in [2.05, 4.69) is 0 Å². The van der Waals surface area contributed by atoms with Gasteiger partial charge in [0.15, 0.2) is 9.84 Å². The molecule has 0 fully saturated rings. The van der Waals surface area contributed by atoms with Crippen molar-refractivity contribution in [2.75, 3.05) is 18.2 Å². The van der Waals surface area contributed by atoms with Crippen LogP contribution in [0.5, 0.6) is 0 Å². The molecular formula is C15H21NO4S. The quantitative estimate of drug-likeness (QED) is 0.917. The third-order valence-electron chi connectivity index (χ3n) is 4.38. The zero-order chi connectivity index (χ0) is 16.0. The molecule has 1 heterocycles. The monoisotopic (exact) mass is 311 g/mol. The van der Waals surface area contributed by atoms with Crippen molar-refractivity contribution >= 4 is 21.4 Å². The van der Waals surface area contributed by atoms with Crippen molar-refractivity contribution in [1.82, 2.24) is 0 Å². The second-order valence-corrected chi connectivity index (χ2v) is 8.72. The molecule has 1 amide bonds. The van der Waals surface area contributed by atoms with Crippen molar-refractivity contribution in [3.8, 4) is 0 Å². The van der Waals surface area contributed by atoms with Gasteiger partial charge in [0.1, 0.15) is 0 Å². The number of nitrogens with zero attached hydrogens (tertiary/aromatic N) is 1. The topological polar surface area (TPSA) is 74.7 Å². The Bertz CT molecular complexity index is 679. The first-order valence-electron chi connectivity index (χ1n) is 6.82. The lowest BCUT2D eigenvalue weighted by molar-refractivity contribution is -0.118. The van der Waals surface area contributed by atoms with Crippen LogP contribution in [0.3, 0.4) is 0 Å². The number of aryl methyl sites for hydroxylation is 1. The summed E-state index contributed by atoms with van der Waals surface area (Å²) in [5.41, 5.74) is 2.34. The maximum atomic E-state index is 11.8. The van der Waals surface area contributed by atoms with Crippen molar-refractivity contribution in [2.24, 2.45) is 0 Å². The van der Waals surface area contributed by atoms with Crippen LogP contribution in [0.2, 0.25) is 0 Å². The number of anilines is 1. The van der Waals surface area contributed by atoms with Gasteiger partial charge < -0.3 is 10.0 Å². The van der Waals surface area contributed by atoms with Gasteiger partial charge in [0.05, 0.1) is 10.9 Å². The molecule has 5 nitrogen and oxygen atoms in total. The van der Waals surface area contributed by atoms with Gasteiger partial charge in [0.25, 0.3) is 0 Å². The third kappa shape index (κ3) is 2.70. The fourth-order valence-corrected chi connectivity index (χ4v) is 2.99. The van der Waals surface area contributed by atoms with Gasteiger partial charge in [0, 0.05) is 25.4 Å². The molecule has 1 aromatic rings. The molecule has 1 aliphatic rings. The van der Waals surface area contributed by atoms with Crippen molar-refractivity contribution < 1.29 is 18.3 Å². The Kier molecular flexibility index (Phi) is 3.88. The molecule has 0 aliphatic carbocycles. The molecule has 1 N–H and O–H groups in total. The van der Waals surface area contributed by atoms with E-state index in [0.717, 1.165) is 17.5 Å². The summed E-state index contributed by atoms with van der Waals surface area (Å²) in [5, 5.41) is 10.4. The summed E-state index contributed by atoms with van der Waals surface area (Å²) in [6, 6.07) is 5.25. The molecule has 0 radical (unpaired) electrons. The lowest BCUT2D eigenvalue weighted by Gasteiger charge is -2.31. The van der Waals surface area contributed by atoms with Crippen LogP contribution in [0, 0.1) is 0 Å². The standard InChI is InChI=1S/C15H21NO4S/c1-15(2,21(4,19)20)14(18)11-5-7-12-10(9-11)6-8-13(17)16(12)3/h5,7,9,14,18H,6,8H2,1-4H3. The average Bonchev–Trinajstić information content (AvgIpc) is 2.40. The van der Waals surface area contributed by atoms with Crippen LogP contribution >= 0.6 is 0 Å². The highest BCUT2D eigenvalue weighted by Crippen LogP contribution is 2.35.